The van der Waals surface area contributed by atoms with E-state index in [0.717, 1.165) is 0 Å². The minimum Gasteiger partial charge on any atom is -0.336 e. The number of halogens is 1. The molecule has 0 spiro atoms. The Morgan fingerprint density at radius 1 is 1.33 bits per heavy atom. The van der Waals surface area contributed by atoms with Gasteiger partial charge in [0.25, 0.3) is 0 Å². The molecule has 0 aromatic heterocycles. The molecular weight excluding hydrogens is 276 g/mol. The zero-order valence-electron chi connectivity index (χ0n) is 11.3. The molecule has 5 nitrogen and oxygen atoms in total. The number of carbonyl (C=O) groups is 1. The van der Waals surface area contributed by atoms with Crippen LogP contribution in [-0.4, -0.2) is 48.9 Å². The van der Waals surface area contributed by atoms with Crippen LogP contribution in [0.5, 0.6) is 0 Å². The predicted octanol–water partition coefficient (Wildman–Crippen LogP) is 0.426. The summed E-state index contributed by atoms with van der Waals surface area (Å²) in [5, 5.41) is -0.514. The molecule has 0 saturated carbocycles. The Morgan fingerprint density at radius 2 is 1.83 bits per heavy atom. The van der Waals surface area contributed by atoms with Gasteiger partial charge < -0.3 is 10.6 Å². The summed E-state index contributed by atoms with van der Waals surface area (Å²) in [6.45, 7) is 7.45. The van der Waals surface area contributed by atoms with Crippen LogP contribution in [0.15, 0.2) is 0 Å². The van der Waals surface area contributed by atoms with Gasteiger partial charge in [-0.1, -0.05) is 13.8 Å². The van der Waals surface area contributed by atoms with Crippen LogP contribution >= 0.6 is 12.4 Å². The molecule has 7 heteroatoms. The van der Waals surface area contributed by atoms with Crippen LogP contribution in [0.25, 0.3) is 0 Å². The summed E-state index contributed by atoms with van der Waals surface area (Å²) in [6.07, 6.45) is 0. The summed E-state index contributed by atoms with van der Waals surface area (Å²) >= 11 is 0. The first-order chi connectivity index (χ1) is 7.68. The molecule has 0 bridgehead atoms. The fourth-order valence-electron chi connectivity index (χ4n) is 1.96. The maximum Gasteiger partial charge on any atom is 0.240 e. The van der Waals surface area contributed by atoms with Gasteiger partial charge in [0.05, 0.1) is 17.0 Å². The van der Waals surface area contributed by atoms with Crippen molar-refractivity contribution < 1.29 is 13.2 Å². The Bertz CT molecular complexity index is 397. The second-order valence-corrected chi connectivity index (χ2v) is 7.59. The van der Waals surface area contributed by atoms with Crippen LogP contribution in [0.1, 0.15) is 27.7 Å². The molecule has 1 aliphatic rings. The van der Waals surface area contributed by atoms with Crippen molar-refractivity contribution in [1.82, 2.24) is 4.90 Å². The molecule has 18 heavy (non-hydrogen) atoms. The summed E-state index contributed by atoms with van der Waals surface area (Å²) in [4.78, 5) is 13.7. The molecular formula is C11H23ClN2O3S. The molecule has 0 aromatic carbocycles. The molecule has 0 aliphatic carbocycles. The van der Waals surface area contributed by atoms with Crippen molar-refractivity contribution in [3.8, 4) is 0 Å². The van der Waals surface area contributed by atoms with E-state index in [1.165, 1.54) is 0 Å². The van der Waals surface area contributed by atoms with Crippen LogP contribution in [0.2, 0.25) is 0 Å². The van der Waals surface area contributed by atoms with Gasteiger partial charge in [0.15, 0.2) is 9.84 Å². The molecule has 1 fully saturated rings. The summed E-state index contributed by atoms with van der Waals surface area (Å²) in [7, 11) is -3.06. The monoisotopic (exact) mass is 298 g/mol. The minimum absolute atomic E-state index is 0. The van der Waals surface area contributed by atoms with Crippen molar-refractivity contribution >= 4 is 28.2 Å². The minimum atomic E-state index is -3.06. The number of rotatable bonds is 2. The SMILES string of the molecule is CC(C)[C@H](N)C(=O)N1CCS(=O)(=O)C(C)C1C.Cl. The fourth-order valence-corrected chi connectivity index (χ4v) is 3.53. The first kappa shape index (κ1) is 17.7. The van der Waals surface area contributed by atoms with Gasteiger partial charge in [0.1, 0.15) is 0 Å². The van der Waals surface area contributed by atoms with E-state index in [4.69, 9.17) is 5.73 Å². The largest absolute Gasteiger partial charge is 0.336 e. The van der Waals surface area contributed by atoms with Gasteiger partial charge in [0, 0.05) is 12.6 Å². The lowest BCUT2D eigenvalue weighted by Crippen LogP contribution is -2.58. The number of hydrogen-bond acceptors (Lipinski definition) is 4. The van der Waals surface area contributed by atoms with E-state index in [9.17, 15) is 13.2 Å². The average Bonchev–Trinajstić information content (AvgIpc) is 2.24. The van der Waals surface area contributed by atoms with Gasteiger partial charge in [0.2, 0.25) is 5.91 Å². The normalized spacial score (nSPS) is 28.7. The van der Waals surface area contributed by atoms with Crippen molar-refractivity contribution in [2.45, 2.75) is 45.0 Å². The highest BCUT2D eigenvalue weighted by atomic mass is 35.5. The van der Waals surface area contributed by atoms with E-state index < -0.39 is 21.1 Å². The molecule has 108 valence electrons. The van der Waals surface area contributed by atoms with Crippen LogP contribution in [0.4, 0.5) is 0 Å². The highest BCUT2D eigenvalue weighted by molar-refractivity contribution is 7.92. The molecule has 1 saturated heterocycles. The van der Waals surface area contributed by atoms with Crippen molar-refractivity contribution in [2.75, 3.05) is 12.3 Å². The van der Waals surface area contributed by atoms with Crippen molar-refractivity contribution in [2.24, 2.45) is 11.7 Å². The molecule has 0 aromatic rings. The third-order valence-electron chi connectivity index (χ3n) is 3.64. The second-order valence-electron chi connectivity index (χ2n) is 5.11. The lowest BCUT2D eigenvalue weighted by Gasteiger charge is -2.39. The summed E-state index contributed by atoms with van der Waals surface area (Å²) in [5.41, 5.74) is 5.83. The lowest BCUT2D eigenvalue weighted by atomic mass is 10.0. The topological polar surface area (TPSA) is 80.5 Å². The Morgan fingerprint density at radius 3 is 2.28 bits per heavy atom. The number of amides is 1. The van der Waals surface area contributed by atoms with Gasteiger partial charge in [-0.2, -0.15) is 0 Å². The van der Waals surface area contributed by atoms with Crippen molar-refractivity contribution in [1.29, 1.82) is 0 Å². The number of nitrogens with zero attached hydrogens (tertiary/aromatic N) is 1. The predicted molar refractivity (Wildman–Crippen MR) is 74.5 cm³/mol. The Labute approximate surface area is 115 Å². The van der Waals surface area contributed by atoms with Crippen LogP contribution in [0.3, 0.4) is 0 Å². The zero-order valence-corrected chi connectivity index (χ0v) is 12.9. The van der Waals surface area contributed by atoms with Crippen molar-refractivity contribution in [3.63, 3.8) is 0 Å². The summed E-state index contributed by atoms with van der Waals surface area (Å²) in [5.74, 6) is -0.0486. The highest BCUT2D eigenvalue weighted by Gasteiger charge is 2.39. The van der Waals surface area contributed by atoms with Crippen LogP contribution in [0, 0.1) is 5.92 Å². The molecule has 2 unspecified atom stereocenters. The third-order valence-corrected chi connectivity index (χ3v) is 5.92. The fraction of sp³-hybridized carbons (Fsp3) is 0.909. The van der Waals surface area contributed by atoms with E-state index in [-0.39, 0.29) is 42.6 Å². The maximum absolute atomic E-state index is 12.1. The standard InChI is InChI=1S/C11H22N2O3S.ClH/c1-7(2)10(12)11(14)13-5-6-17(15,16)9(4)8(13)3;/h7-10H,5-6,12H2,1-4H3;1H/t8?,9?,10-;/m0./s1. The first-order valence-corrected chi connectivity index (χ1v) is 7.67. The quantitative estimate of drug-likeness (QED) is 0.801. The number of sulfone groups is 1. The van der Waals surface area contributed by atoms with Gasteiger partial charge in [-0.25, -0.2) is 8.42 Å². The van der Waals surface area contributed by atoms with Gasteiger partial charge in [-0.15, -0.1) is 12.4 Å². The molecule has 0 radical (unpaired) electrons. The van der Waals surface area contributed by atoms with E-state index >= 15 is 0 Å². The Balaban J connectivity index is 0.00000289. The smallest absolute Gasteiger partial charge is 0.240 e. The molecule has 1 aliphatic heterocycles. The zero-order chi connectivity index (χ0) is 13.4. The highest BCUT2D eigenvalue weighted by Crippen LogP contribution is 2.20. The lowest BCUT2D eigenvalue weighted by molar-refractivity contribution is -0.135. The van der Waals surface area contributed by atoms with Crippen LogP contribution in [-0.2, 0) is 14.6 Å². The van der Waals surface area contributed by atoms with Gasteiger partial charge in [-0.3, -0.25) is 4.79 Å². The average molecular weight is 299 g/mol. The van der Waals surface area contributed by atoms with E-state index in [1.807, 2.05) is 13.8 Å². The molecule has 1 heterocycles. The number of nitrogens with two attached hydrogens (primary N) is 1. The van der Waals surface area contributed by atoms with E-state index in [0.29, 0.717) is 0 Å². The first-order valence-electron chi connectivity index (χ1n) is 5.96. The maximum atomic E-state index is 12.1. The van der Waals surface area contributed by atoms with Crippen LogP contribution < -0.4 is 5.73 Å². The molecule has 1 rings (SSSR count). The Kier molecular flexibility index (Phi) is 6.10. The van der Waals surface area contributed by atoms with E-state index in [2.05, 4.69) is 0 Å². The second kappa shape index (κ2) is 6.21. The molecule has 1 amide bonds. The molecule has 2 N–H and O–H groups in total. The number of carbonyl (C=O) groups excluding carboxylic acids is 1. The summed E-state index contributed by atoms with van der Waals surface area (Å²) in [6, 6.07) is -0.850. The van der Waals surface area contributed by atoms with E-state index in [1.54, 1.807) is 18.7 Å². The number of hydrogen-bond donors (Lipinski definition) is 1. The van der Waals surface area contributed by atoms with Gasteiger partial charge >= 0.3 is 0 Å². The Hall–Kier alpha value is -0.330. The summed E-state index contributed by atoms with van der Waals surface area (Å²) < 4.78 is 23.4. The third kappa shape index (κ3) is 3.36. The molecule has 3 atom stereocenters. The van der Waals surface area contributed by atoms with Crippen molar-refractivity contribution in [3.05, 3.63) is 0 Å². The van der Waals surface area contributed by atoms with Gasteiger partial charge in [-0.05, 0) is 19.8 Å².